The predicted octanol–water partition coefficient (Wildman–Crippen LogP) is 3.02. The molecule has 0 aliphatic carbocycles. The first-order valence-corrected chi connectivity index (χ1v) is 5.59. The van der Waals surface area contributed by atoms with Crippen LogP contribution < -0.4 is 0 Å². The molecule has 0 aliphatic heterocycles. The van der Waals surface area contributed by atoms with Crippen LogP contribution in [-0.2, 0) is 9.47 Å². The first-order valence-electron chi connectivity index (χ1n) is 5.59. The Bertz CT molecular complexity index is 498. The SMILES string of the molecule is COCOC(=O)c1c(C)c(C)c(O)c(C)c1C(F)F. The smallest absolute Gasteiger partial charge is 0.341 e. The highest BCUT2D eigenvalue weighted by atomic mass is 19.3. The van der Waals surface area contributed by atoms with Gasteiger partial charge in [0.25, 0.3) is 6.43 Å². The maximum Gasteiger partial charge on any atom is 0.341 e. The molecular weight excluding hydrogens is 258 g/mol. The summed E-state index contributed by atoms with van der Waals surface area (Å²) in [6, 6.07) is 0. The number of alkyl halides is 2. The van der Waals surface area contributed by atoms with E-state index in [9.17, 15) is 18.7 Å². The molecule has 0 aliphatic rings. The van der Waals surface area contributed by atoms with E-state index >= 15 is 0 Å². The van der Waals surface area contributed by atoms with Crippen molar-refractivity contribution in [3.63, 3.8) is 0 Å². The summed E-state index contributed by atoms with van der Waals surface area (Å²) in [6.45, 7) is 4.07. The van der Waals surface area contributed by atoms with Crippen LogP contribution in [0, 0.1) is 20.8 Å². The number of phenolic OH excluding ortho intramolecular Hbond substituents is 1. The molecule has 0 saturated carbocycles. The molecule has 1 aromatic carbocycles. The van der Waals surface area contributed by atoms with Crippen molar-refractivity contribution in [3.05, 3.63) is 27.8 Å². The Labute approximate surface area is 109 Å². The van der Waals surface area contributed by atoms with E-state index in [1.807, 2.05) is 0 Å². The number of phenols is 1. The van der Waals surface area contributed by atoms with E-state index in [4.69, 9.17) is 4.74 Å². The standard InChI is InChI=1S/C13H16F2O4/c1-6-7(2)11(16)8(3)9(12(14)15)10(6)13(17)19-5-18-4/h12,16H,5H2,1-4H3. The quantitative estimate of drug-likeness (QED) is 0.677. The summed E-state index contributed by atoms with van der Waals surface area (Å²) >= 11 is 0. The van der Waals surface area contributed by atoms with Crippen LogP contribution in [0.3, 0.4) is 0 Å². The molecule has 6 heteroatoms. The summed E-state index contributed by atoms with van der Waals surface area (Å²) in [5.41, 5.74) is -0.0604. The number of esters is 1. The molecule has 0 spiro atoms. The lowest BCUT2D eigenvalue weighted by molar-refractivity contribution is -0.0130. The van der Waals surface area contributed by atoms with Crippen LogP contribution in [0.2, 0.25) is 0 Å². The average molecular weight is 274 g/mol. The van der Waals surface area contributed by atoms with Crippen LogP contribution >= 0.6 is 0 Å². The molecule has 0 radical (unpaired) electrons. The van der Waals surface area contributed by atoms with Gasteiger partial charge in [-0.3, -0.25) is 0 Å². The summed E-state index contributed by atoms with van der Waals surface area (Å²) in [4.78, 5) is 11.8. The van der Waals surface area contributed by atoms with Crippen LogP contribution in [0.25, 0.3) is 0 Å². The molecule has 0 unspecified atom stereocenters. The van der Waals surface area contributed by atoms with E-state index in [1.54, 1.807) is 6.92 Å². The fourth-order valence-electron chi connectivity index (χ4n) is 1.88. The third-order valence-electron chi connectivity index (χ3n) is 3.05. The van der Waals surface area contributed by atoms with Gasteiger partial charge in [-0.25, -0.2) is 13.6 Å². The Hall–Kier alpha value is -1.69. The third kappa shape index (κ3) is 2.84. The van der Waals surface area contributed by atoms with Gasteiger partial charge in [-0.1, -0.05) is 0 Å². The van der Waals surface area contributed by atoms with Gasteiger partial charge in [0.1, 0.15) is 5.75 Å². The van der Waals surface area contributed by atoms with Crippen LogP contribution in [0.4, 0.5) is 8.78 Å². The van der Waals surface area contributed by atoms with Gasteiger partial charge in [-0.05, 0) is 31.9 Å². The molecule has 1 N–H and O–H groups in total. The number of carbonyl (C=O) groups is 1. The zero-order chi connectivity index (χ0) is 14.7. The van der Waals surface area contributed by atoms with Gasteiger partial charge in [-0.15, -0.1) is 0 Å². The van der Waals surface area contributed by atoms with E-state index in [2.05, 4.69) is 4.74 Å². The number of aromatic hydroxyl groups is 1. The van der Waals surface area contributed by atoms with Gasteiger partial charge in [0.15, 0.2) is 6.79 Å². The Balaban J connectivity index is 3.47. The minimum Gasteiger partial charge on any atom is -0.507 e. The summed E-state index contributed by atoms with van der Waals surface area (Å²) in [7, 11) is 1.32. The number of methoxy groups -OCH3 is 1. The number of rotatable bonds is 4. The van der Waals surface area contributed by atoms with E-state index in [0.29, 0.717) is 5.56 Å². The van der Waals surface area contributed by atoms with Crippen molar-refractivity contribution in [1.29, 1.82) is 0 Å². The van der Waals surface area contributed by atoms with Gasteiger partial charge >= 0.3 is 5.97 Å². The molecular formula is C13H16F2O4. The molecule has 19 heavy (non-hydrogen) atoms. The van der Waals surface area contributed by atoms with Gasteiger partial charge in [0.2, 0.25) is 0 Å². The highest BCUT2D eigenvalue weighted by Gasteiger charge is 2.27. The normalized spacial score (nSPS) is 10.9. The number of ether oxygens (including phenoxy) is 2. The second-order valence-electron chi connectivity index (χ2n) is 4.15. The maximum atomic E-state index is 13.1. The molecule has 1 aromatic rings. The molecule has 0 fully saturated rings. The highest BCUT2D eigenvalue weighted by molar-refractivity contribution is 5.94. The lowest BCUT2D eigenvalue weighted by Gasteiger charge is -2.18. The minimum atomic E-state index is -2.88. The number of carbonyl (C=O) groups excluding carboxylic acids is 1. The number of benzene rings is 1. The Morgan fingerprint density at radius 3 is 2.26 bits per heavy atom. The van der Waals surface area contributed by atoms with E-state index in [1.165, 1.54) is 21.0 Å². The summed E-state index contributed by atoms with van der Waals surface area (Å²) in [6.07, 6.45) is -2.88. The van der Waals surface area contributed by atoms with Crippen LogP contribution in [-0.4, -0.2) is 25.0 Å². The Kier molecular flexibility index (Phi) is 4.83. The fourth-order valence-corrected chi connectivity index (χ4v) is 1.88. The lowest BCUT2D eigenvalue weighted by Crippen LogP contribution is -2.14. The number of hydrogen-bond acceptors (Lipinski definition) is 4. The molecule has 4 nitrogen and oxygen atoms in total. The monoisotopic (exact) mass is 274 g/mol. The topological polar surface area (TPSA) is 55.8 Å². The molecule has 0 saturated heterocycles. The molecule has 0 atom stereocenters. The van der Waals surface area contributed by atoms with Crippen molar-refractivity contribution >= 4 is 5.97 Å². The summed E-state index contributed by atoms with van der Waals surface area (Å²) in [5.74, 6) is -1.11. The van der Waals surface area contributed by atoms with Crippen molar-refractivity contribution in [2.75, 3.05) is 13.9 Å². The van der Waals surface area contributed by atoms with Crippen molar-refractivity contribution in [2.45, 2.75) is 27.2 Å². The Morgan fingerprint density at radius 1 is 1.21 bits per heavy atom. The van der Waals surface area contributed by atoms with Crippen molar-refractivity contribution in [3.8, 4) is 5.75 Å². The van der Waals surface area contributed by atoms with Crippen molar-refractivity contribution < 1.29 is 28.2 Å². The third-order valence-corrected chi connectivity index (χ3v) is 3.05. The average Bonchev–Trinajstić information content (AvgIpc) is 2.36. The summed E-state index contributed by atoms with van der Waals surface area (Å²) < 4.78 is 35.5. The maximum absolute atomic E-state index is 13.1. The number of halogens is 2. The number of hydrogen-bond donors (Lipinski definition) is 1. The second kappa shape index (κ2) is 5.97. The fraction of sp³-hybridized carbons (Fsp3) is 0.462. The van der Waals surface area contributed by atoms with Gasteiger partial charge in [0, 0.05) is 18.2 Å². The van der Waals surface area contributed by atoms with E-state index in [-0.39, 0.29) is 29.2 Å². The van der Waals surface area contributed by atoms with Gasteiger partial charge < -0.3 is 14.6 Å². The first kappa shape index (κ1) is 15.4. The van der Waals surface area contributed by atoms with Crippen LogP contribution in [0.5, 0.6) is 5.75 Å². The van der Waals surface area contributed by atoms with Crippen molar-refractivity contribution in [2.24, 2.45) is 0 Å². The highest BCUT2D eigenvalue weighted by Crippen LogP contribution is 2.37. The van der Waals surface area contributed by atoms with Gasteiger partial charge in [0.05, 0.1) is 5.56 Å². The molecule has 0 heterocycles. The minimum absolute atomic E-state index is 0.0116. The van der Waals surface area contributed by atoms with Crippen LogP contribution in [0.1, 0.15) is 39.0 Å². The molecule has 1 rings (SSSR count). The van der Waals surface area contributed by atoms with E-state index < -0.39 is 18.0 Å². The zero-order valence-electron chi connectivity index (χ0n) is 11.2. The predicted molar refractivity (Wildman–Crippen MR) is 64.6 cm³/mol. The largest absolute Gasteiger partial charge is 0.507 e. The molecule has 0 amide bonds. The lowest BCUT2D eigenvalue weighted by atomic mass is 9.92. The van der Waals surface area contributed by atoms with Gasteiger partial charge in [-0.2, -0.15) is 0 Å². The molecule has 0 bridgehead atoms. The zero-order valence-corrected chi connectivity index (χ0v) is 11.2. The second-order valence-corrected chi connectivity index (χ2v) is 4.15. The molecule has 0 aromatic heterocycles. The molecule has 106 valence electrons. The van der Waals surface area contributed by atoms with Crippen LogP contribution in [0.15, 0.2) is 0 Å². The first-order chi connectivity index (χ1) is 8.82. The Morgan fingerprint density at radius 2 is 1.79 bits per heavy atom. The van der Waals surface area contributed by atoms with E-state index in [0.717, 1.165) is 0 Å². The van der Waals surface area contributed by atoms with Crippen molar-refractivity contribution in [1.82, 2.24) is 0 Å². The summed E-state index contributed by atoms with van der Waals surface area (Å²) in [5, 5.41) is 9.79.